The van der Waals surface area contributed by atoms with Gasteiger partial charge in [-0.2, -0.15) is 0 Å². The highest BCUT2D eigenvalue weighted by atomic mass is 16.5. The summed E-state index contributed by atoms with van der Waals surface area (Å²) in [5.74, 6) is 1.33. The van der Waals surface area contributed by atoms with E-state index in [-0.39, 0.29) is 5.56 Å². The molecule has 0 amide bonds. The fraction of sp³-hybridized carbons (Fsp3) is 0.321. The molecule has 4 heterocycles. The molecule has 2 atom stereocenters. The molecule has 2 aliphatic heterocycles. The van der Waals surface area contributed by atoms with E-state index in [9.17, 15) is 4.79 Å². The molecule has 2 aromatic carbocycles. The Kier molecular flexibility index (Phi) is 4.88. The molecule has 5 heteroatoms. The van der Waals surface area contributed by atoms with Crippen molar-refractivity contribution < 1.29 is 4.74 Å². The molecular formula is C28H29N3O2. The van der Waals surface area contributed by atoms with Crippen LogP contribution in [0.25, 0.3) is 16.6 Å². The lowest BCUT2D eigenvalue weighted by atomic mass is 9.93. The summed E-state index contributed by atoms with van der Waals surface area (Å²) in [4.78, 5) is 15.5. The van der Waals surface area contributed by atoms with E-state index < -0.39 is 0 Å². The van der Waals surface area contributed by atoms with Crippen LogP contribution in [0, 0.1) is 5.92 Å². The number of rotatable bonds is 4. The van der Waals surface area contributed by atoms with Crippen molar-refractivity contribution in [2.24, 2.45) is 13.0 Å². The van der Waals surface area contributed by atoms with Crippen LogP contribution in [0.3, 0.4) is 0 Å². The summed E-state index contributed by atoms with van der Waals surface area (Å²) in [7, 11) is 4.44. The Balaban J connectivity index is 1.34. The van der Waals surface area contributed by atoms with Gasteiger partial charge in [0.05, 0.1) is 11.2 Å². The molecule has 0 N–H and O–H groups in total. The molecule has 1 aliphatic carbocycles. The van der Waals surface area contributed by atoms with Crippen LogP contribution in [0.4, 0.5) is 0 Å². The van der Waals surface area contributed by atoms with Gasteiger partial charge in [0, 0.05) is 43.0 Å². The van der Waals surface area contributed by atoms with Crippen LogP contribution in [0.1, 0.15) is 35.7 Å². The first-order valence-electron chi connectivity index (χ1n) is 11.8. The predicted molar refractivity (Wildman–Crippen MR) is 131 cm³/mol. The summed E-state index contributed by atoms with van der Waals surface area (Å²) in [5, 5.41) is 1.33. The maximum absolute atomic E-state index is 12.9. The van der Waals surface area contributed by atoms with Crippen molar-refractivity contribution in [3.63, 3.8) is 0 Å². The van der Waals surface area contributed by atoms with Gasteiger partial charge in [0.15, 0.2) is 0 Å². The average molecular weight is 440 g/mol. The molecule has 1 saturated heterocycles. The van der Waals surface area contributed by atoms with E-state index in [1.165, 1.54) is 41.5 Å². The zero-order valence-corrected chi connectivity index (χ0v) is 19.2. The zero-order chi connectivity index (χ0) is 22.5. The maximum Gasteiger partial charge on any atom is 0.258 e. The van der Waals surface area contributed by atoms with Crippen molar-refractivity contribution in [3.05, 3.63) is 94.0 Å². The molecule has 3 aliphatic rings. The van der Waals surface area contributed by atoms with Crippen LogP contribution in [0.15, 0.2) is 71.7 Å². The van der Waals surface area contributed by atoms with Crippen LogP contribution in [-0.2, 0) is 20.1 Å². The minimum Gasteiger partial charge on any atom is -0.489 e. The first kappa shape index (κ1) is 20.3. The smallest absolute Gasteiger partial charge is 0.258 e. The van der Waals surface area contributed by atoms with Gasteiger partial charge in [0.1, 0.15) is 12.4 Å². The van der Waals surface area contributed by atoms with Crippen molar-refractivity contribution in [3.8, 4) is 11.4 Å². The average Bonchev–Trinajstić information content (AvgIpc) is 2.95. The van der Waals surface area contributed by atoms with Gasteiger partial charge < -0.3 is 9.30 Å². The molecule has 2 aromatic heterocycles. The molecule has 0 radical (unpaired) electrons. The fourth-order valence-electron chi connectivity index (χ4n) is 5.82. The van der Waals surface area contributed by atoms with Gasteiger partial charge in [0.2, 0.25) is 0 Å². The van der Waals surface area contributed by atoms with Crippen molar-refractivity contribution in [1.29, 1.82) is 0 Å². The molecule has 33 heavy (non-hydrogen) atoms. The monoisotopic (exact) mass is 439 g/mol. The molecule has 168 valence electrons. The van der Waals surface area contributed by atoms with Gasteiger partial charge in [-0.15, -0.1) is 0 Å². The summed E-state index contributed by atoms with van der Waals surface area (Å²) in [5.41, 5.74) is 6.05. The Morgan fingerprint density at radius 2 is 1.85 bits per heavy atom. The number of aryl methyl sites for hydroxylation is 1. The number of aromatic nitrogens is 2. The fourth-order valence-corrected chi connectivity index (χ4v) is 5.82. The van der Waals surface area contributed by atoms with Gasteiger partial charge in [-0.3, -0.25) is 14.3 Å². The quantitative estimate of drug-likeness (QED) is 0.456. The van der Waals surface area contributed by atoms with E-state index in [4.69, 9.17) is 4.74 Å². The molecule has 7 rings (SSSR count). The number of pyridine rings is 1. The van der Waals surface area contributed by atoms with E-state index in [2.05, 4.69) is 41.8 Å². The lowest BCUT2D eigenvalue weighted by Crippen LogP contribution is -2.33. The topological polar surface area (TPSA) is 39.4 Å². The SMILES string of the molecule is CN1CC2CCC1c1c(n(C)c3cc(-n4ccc(OCc5ccccc5)cc4=O)ccc13)C2. The highest BCUT2D eigenvalue weighted by molar-refractivity contribution is 5.88. The van der Waals surface area contributed by atoms with Crippen LogP contribution < -0.4 is 10.3 Å². The maximum atomic E-state index is 12.9. The molecule has 0 spiro atoms. The van der Waals surface area contributed by atoms with E-state index in [1.54, 1.807) is 10.6 Å². The van der Waals surface area contributed by atoms with Crippen LogP contribution >= 0.6 is 0 Å². The third-order valence-electron chi connectivity index (χ3n) is 7.51. The summed E-state index contributed by atoms with van der Waals surface area (Å²) in [6.45, 7) is 1.63. The largest absolute Gasteiger partial charge is 0.489 e. The van der Waals surface area contributed by atoms with E-state index in [1.807, 2.05) is 42.6 Å². The number of nitrogens with zero attached hydrogens (tertiary/aromatic N) is 3. The second-order valence-corrected chi connectivity index (χ2v) is 9.57. The highest BCUT2D eigenvalue weighted by Crippen LogP contribution is 2.44. The number of ether oxygens (including phenoxy) is 1. The Hall–Kier alpha value is -3.31. The zero-order valence-electron chi connectivity index (χ0n) is 19.2. The predicted octanol–water partition coefficient (Wildman–Crippen LogP) is 4.85. The second kappa shape index (κ2) is 7.92. The van der Waals surface area contributed by atoms with Gasteiger partial charge >= 0.3 is 0 Å². The van der Waals surface area contributed by atoms with E-state index in [0.717, 1.165) is 23.6 Å². The Labute approximate surface area is 193 Å². The highest BCUT2D eigenvalue weighted by Gasteiger charge is 2.36. The summed E-state index contributed by atoms with van der Waals surface area (Å²) in [6, 6.07) is 20.4. The molecule has 5 nitrogen and oxygen atoms in total. The van der Waals surface area contributed by atoms with Crippen molar-refractivity contribution >= 4 is 10.9 Å². The number of hydrogen-bond donors (Lipinski definition) is 0. The van der Waals surface area contributed by atoms with Gasteiger partial charge in [-0.05, 0) is 61.6 Å². The second-order valence-electron chi connectivity index (χ2n) is 9.57. The molecule has 2 unspecified atom stereocenters. The number of fused-ring (bicyclic) bond motifs is 3. The van der Waals surface area contributed by atoms with Crippen molar-refractivity contribution in [2.75, 3.05) is 13.6 Å². The lowest BCUT2D eigenvalue weighted by Gasteiger charge is -2.34. The van der Waals surface area contributed by atoms with Crippen LogP contribution in [-0.4, -0.2) is 27.6 Å². The third kappa shape index (κ3) is 3.47. The number of hydrogen-bond acceptors (Lipinski definition) is 3. The summed E-state index contributed by atoms with van der Waals surface area (Å²) in [6.07, 6.45) is 5.51. The van der Waals surface area contributed by atoms with Crippen LogP contribution in [0.5, 0.6) is 5.75 Å². The standard InChI is InChI=1S/C28H29N3O2/c1-29-17-20-8-11-24(29)28-23-10-9-21(15-25(23)30(2)26(28)14-20)31-13-12-22(16-27(31)32)33-18-19-6-4-3-5-7-19/h3-7,9-10,12-13,15-16,20,24H,8,11,14,17-18H2,1-2H3. The first-order chi connectivity index (χ1) is 16.1. The minimum atomic E-state index is -0.0884. The van der Waals surface area contributed by atoms with Gasteiger partial charge in [-0.1, -0.05) is 36.4 Å². The Bertz CT molecular complexity index is 1390. The van der Waals surface area contributed by atoms with Crippen molar-refractivity contribution in [2.45, 2.75) is 31.9 Å². The molecule has 2 bridgehead atoms. The molecule has 4 aromatic rings. The normalized spacial score (nSPS) is 20.1. The molecule has 1 fully saturated rings. The number of piperidine rings is 1. The van der Waals surface area contributed by atoms with Crippen molar-refractivity contribution in [1.82, 2.24) is 14.0 Å². The molecule has 0 saturated carbocycles. The summed E-state index contributed by atoms with van der Waals surface area (Å²) < 4.78 is 9.90. The van der Waals surface area contributed by atoms with E-state index in [0.29, 0.717) is 18.4 Å². The Morgan fingerprint density at radius 3 is 2.64 bits per heavy atom. The molecular weight excluding hydrogens is 410 g/mol. The van der Waals surface area contributed by atoms with Gasteiger partial charge in [0.25, 0.3) is 5.56 Å². The van der Waals surface area contributed by atoms with E-state index >= 15 is 0 Å². The first-order valence-corrected chi connectivity index (χ1v) is 11.8. The third-order valence-corrected chi connectivity index (χ3v) is 7.51. The summed E-state index contributed by atoms with van der Waals surface area (Å²) >= 11 is 0. The number of benzene rings is 2. The van der Waals surface area contributed by atoms with Crippen LogP contribution in [0.2, 0.25) is 0 Å². The lowest BCUT2D eigenvalue weighted by molar-refractivity contribution is 0.150. The minimum absolute atomic E-state index is 0.0884. The Morgan fingerprint density at radius 1 is 1.00 bits per heavy atom. The van der Waals surface area contributed by atoms with Gasteiger partial charge in [-0.25, -0.2) is 0 Å².